The number of ketones is 1. The molecule has 0 aliphatic carbocycles. The maximum Gasteiger partial charge on any atom is 0.336 e. The Morgan fingerprint density at radius 3 is 2.84 bits per heavy atom. The molecule has 0 bridgehead atoms. The molecule has 1 heterocycles. The zero-order chi connectivity index (χ0) is 13.8. The molecule has 0 spiro atoms. The second-order valence-electron chi connectivity index (χ2n) is 4.56. The molecule has 4 nitrogen and oxygen atoms in total. The van der Waals surface area contributed by atoms with Gasteiger partial charge in [0.1, 0.15) is 17.1 Å². The summed E-state index contributed by atoms with van der Waals surface area (Å²) >= 11 is 0. The average molecular weight is 260 g/mol. The summed E-state index contributed by atoms with van der Waals surface area (Å²) in [5, 5.41) is 0.899. The first-order valence-electron chi connectivity index (χ1n) is 6.23. The Labute approximate surface area is 111 Å². The minimum absolute atomic E-state index is 0.156. The number of fused-ring (bicyclic) bond motifs is 1. The van der Waals surface area contributed by atoms with Crippen LogP contribution in [0, 0.1) is 6.92 Å². The third-order valence-electron chi connectivity index (χ3n) is 2.86. The molecule has 4 heteroatoms. The molecule has 2 aromatic rings. The largest absolute Gasteiger partial charge is 0.493 e. The highest BCUT2D eigenvalue weighted by Gasteiger charge is 2.04. The zero-order valence-corrected chi connectivity index (χ0v) is 11.1. The molecule has 19 heavy (non-hydrogen) atoms. The molecule has 0 unspecified atom stereocenters. The van der Waals surface area contributed by atoms with Gasteiger partial charge in [-0.3, -0.25) is 0 Å². The van der Waals surface area contributed by atoms with Crippen LogP contribution in [0.15, 0.2) is 33.5 Å². The van der Waals surface area contributed by atoms with E-state index < -0.39 is 0 Å². The van der Waals surface area contributed by atoms with E-state index >= 15 is 0 Å². The maximum absolute atomic E-state index is 11.3. The molecule has 0 N–H and O–H groups in total. The maximum atomic E-state index is 11.3. The second kappa shape index (κ2) is 5.69. The lowest BCUT2D eigenvalue weighted by molar-refractivity contribution is -0.117. The van der Waals surface area contributed by atoms with E-state index in [1.807, 2.05) is 19.1 Å². The fourth-order valence-electron chi connectivity index (χ4n) is 1.91. The number of ether oxygens (including phenoxy) is 1. The molecule has 0 aliphatic rings. The van der Waals surface area contributed by atoms with Gasteiger partial charge < -0.3 is 13.9 Å². The lowest BCUT2D eigenvalue weighted by Gasteiger charge is -2.07. The molecule has 0 fully saturated rings. The van der Waals surface area contributed by atoms with Gasteiger partial charge >= 0.3 is 5.63 Å². The van der Waals surface area contributed by atoms with Crippen LogP contribution in [0.5, 0.6) is 5.75 Å². The fraction of sp³-hybridized carbons (Fsp3) is 0.333. The van der Waals surface area contributed by atoms with Crippen LogP contribution in [0.3, 0.4) is 0 Å². The van der Waals surface area contributed by atoms with E-state index in [-0.39, 0.29) is 11.4 Å². The van der Waals surface area contributed by atoms with Crippen LogP contribution in [0.4, 0.5) is 0 Å². The summed E-state index contributed by atoms with van der Waals surface area (Å²) in [4.78, 5) is 22.1. The van der Waals surface area contributed by atoms with E-state index in [0.29, 0.717) is 30.8 Å². The van der Waals surface area contributed by atoms with Gasteiger partial charge in [0.2, 0.25) is 0 Å². The number of aryl methyl sites for hydroxylation is 1. The predicted molar refractivity (Wildman–Crippen MR) is 72.6 cm³/mol. The lowest BCUT2D eigenvalue weighted by atomic mass is 10.1. The smallest absolute Gasteiger partial charge is 0.336 e. The predicted octanol–water partition coefficient (Wildman–Crippen LogP) is 2.85. The van der Waals surface area contributed by atoms with Crippen molar-refractivity contribution in [2.75, 3.05) is 6.61 Å². The first-order valence-corrected chi connectivity index (χ1v) is 6.23. The summed E-state index contributed by atoms with van der Waals surface area (Å²) in [6, 6.07) is 6.88. The number of hydrogen-bond donors (Lipinski definition) is 0. The SMILES string of the molecule is CC(=O)CCCOc1ccc2c(C)cc(=O)oc2c1. The molecular weight excluding hydrogens is 244 g/mol. The standard InChI is InChI=1S/C15H16O4/c1-10-8-15(17)19-14-9-12(5-6-13(10)14)18-7-3-4-11(2)16/h5-6,8-9H,3-4,7H2,1-2H3. The third-order valence-corrected chi connectivity index (χ3v) is 2.86. The summed E-state index contributed by atoms with van der Waals surface area (Å²) < 4.78 is 10.7. The van der Waals surface area contributed by atoms with Gasteiger partial charge in [-0.1, -0.05) is 0 Å². The van der Waals surface area contributed by atoms with Crippen LogP contribution < -0.4 is 10.4 Å². The van der Waals surface area contributed by atoms with Crippen molar-refractivity contribution < 1.29 is 13.9 Å². The number of Topliss-reactive ketones (excluding diaryl/α,β-unsaturated/α-hetero) is 1. The van der Waals surface area contributed by atoms with Gasteiger partial charge in [-0.05, 0) is 38.0 Å². The summed E-state index contributed by atoms with van der Waals surface area (Å²) in [7, 11) is 0. The molecule has 0 saturated heterocycles. The molecule has 1 aromatic heterocycles. The molecule has 0 saturated carbocycles. The molecule has 0 atom stereocenters. The Balaban J connectivity index is 2.13. The Bertz CT molecular complexity index is 655. The molecular formula is C15H16O4. The monoisotopic (exact) mass is 260 g/mol. The van der Waals surface area contributed by atoms with Crippen LogP contribution in [0.1, 0.15) is 25.3 Å². The quantitative estimate of drug-likeness (QED) is 0.612. The fourth-order valence-corrected chi connectivity index (χ4v) is 1.91. The van der Waals surface area contributed by atoms with Crippen molar-refractivity contribution in [2.45, 2.75) is 26.7 Å². The topological polar surface area (TPSA) is 56.5 Å². The van der Waals surface area contributed by atoms with Gasteiger partial charge in [-0.25, -0.2) is 4.79 Å². The van der Waals surface area contributed by atoms with Gasteiger partial charge in [0, 0.05) is 23.9 Å². The van der Waals surface area contributed by atoms with Crippen LogP contribution >= 0.6 is 0 Å². The van der Waals surface area contributed by atoms with E-state index in [1.54, 1.807) is 13.0 Å². The minimum atomic E-state index is -0.362. The van der Waals surface area contributed by atoms with Crippen molar-refractivity contribution in [1.82, 2.24) is 0 Å². The summed E-state index contributed by atoms with van der Waals surface area (Å²) in [6.07, 6.45) is 1.20. The van der Waals surface area contributed by atoms with E-state index in [1.165, 1.54) is 6.07 Å². The van der Waals surface area contributed by atoms with Crippen LogP contribution in [-0.4, -0.2) is 12.4 Å². The lowest BCUT2D eigenvalue weighted by Crippen LogP contribution is -2.01. The summed E-state index contributed by atoms with van der Waals surface area (Å²) in [5.41, 5.74) is 1.04. The number of carbonyl (C=O) groups excluding carboxylic acids is 1. The van der Waals surface area contributed by atoms with E-state index in [9.17, 15) is 9.59 Å². The minimum Gasteiger partial charge on any atom is -0.493 e. The number of rotatable bonds is 5. The van der Waals surface area contributed by atoms with Crippen LogP contribution in [0.25, 0.3) is 11.0 Å². The molecule has 0 radical (unpaired) electrons. The number of carbonyl (C=O) groups is 1. The number of benzene rings is 1. The highest BCUT2D eigenvalue weighted by molar-refractivity contribution is 5.81. The Hall–Kier alpha value is -2.10. The van der Waals surface area contributed by atoms with Crippen molar-refractivity contribution in [1.29, 1.82) is 0 Å². The normalized spacial score (nSPS) is 10.6. The second-order valence-corrected chi connectivity index (χ2v) is 4.56. The van der Waals surface area contributed by atoms with Crippen molar-refractivity contribution >= 4 is 16.8 Å². The first-order chi connectivity index (χ1) is 9.06. The molecule has 1 aromatic carbocycles. The summed E-state index contributed by atoms with van der Waals surface area (Å²) in [6.45, 7) is 3.90. The van der Waals surface area contributed by atoms with E-state index in [0.717, 1.165) is 10.9 Å². The average Bonchev–Trinajstić information content (AvgIpc) is 2.33. The molecule has 2 rings (SSSR count). The summed E-state index contributed by atoms with van der Waals surface area (Å²) in [5.74, 6) is 0.800. The zero-order valence-electron chi connectivity index (χ0n) is 11.1. The van der Waals surface area contributed by atoms with E-state index in [2.05, 4.69) is 0 Å². The highest BCUT2D eigenvalue weighted by atomic mass is 16.5. The van der Waals surface area contributed by atoms with Crippen molar-refractivity contribution in [3.63, 3.8) is 0 Å². The Morgan fingerprint density at radius 2 is 2.11 bits per heavy atom. The van der Waals surface area contributed by atoms with E-state index in [4.69, 9.17) is 9.15 Å². The van der Waals surface area contributed by atoms with Gasteiger partial charge in [-0.15, -0.1) is 0 Å². The van der Waals surface area contributed by atoms with Crippen LogP contribution in [-0.2, 0) is 4.79 Å². The molecule has 100 valence electrons. The van der Waals surface area contributed by atoms with Gasteiger partial charge in [0.15, 0.2) is 0 Å². The van der Waals surface area contributed by atoms with Crippen molar-refractivity contribution in [2.24, 2.45) is 0 Å². The first kappa shape index (κ1) is 13.3. The number of hydrogen-bond acceptors (Lipinski definition) is 4. The highest BCUT2D eigenvalue weighted by Crippen LogP contribution is 2.22. The van der Waals surface area contributed by atoms with Crippen molar-refractivity contribution in [3.05, 3.63) is 40.2 Å². The molecule has 0 amide bonds. The Kier molecular flexibility index (Phi) is 4.00. The van der Waals surface area contributed by atoms with Gasteiger partial charge in [0.05, 0.1) is 6.61 Å². The van der Waals surface area contributed by atoms with Gasteiger partial charge in [-0.2, -0.15) is 0 Å². The Morgan fingerprint density at radius 1 is 1.32 bits per heavy atom. The van der Waals surface area contributed by atoms with Crippen molar-refractivity contribution in [3.8, 4) is 5.75 Å². The van der Waals surface area contributed by atoms with Gasteiger partial charge in [0.25, 0.3) is 0 Å². The third kappa shape index (κ3) is 3.44. The molecule has 0 aliphatic heterocycles. The van der Waals surface area contributed by atoms with Crippen LogP contribution in [0.2, 0.25) is 0 Å².